The van der Waals surface area contributed by atoms with Gasteiger partial charge in [-0.15, -0.1) is 0 Å². The molecule has 0 unspecified atom stereocenters. The van der Waals surface area contributed by atoms with Crippen LogP contribution in [-0.2, 0) is 16.1 Å². The molecule has 0 saturated carbocycles. The monoisotopic (exact) mass is 547 g/mol. The quantitative estimate of drug-likeness (QED) is 0.464. The zero-order valence-electron chi connectivity index (χ0n) is 21.7. The number of benzene rings is 2. The number of rotatable bonds is 7. The summed E-state index contributed by atoms with van der Waals surface area (Å²) in [6.45, 7) is 5.70. The topological polar surface area (TPSA) is 104 Å². The van der Waals surface area contributed by atoms with Gasteiger partial charge in [-0.1, -0.05) is 29.8 Å². The largest absolute Gasteiger partial charge is 0.379 e. The first kappa shape index (κ1) is 26.8. The van der Waals surface area contributed by atoms with Gasteiger partial charge < -0.3 is 20.3 Å². The summed E-state index contributed by atoms with van der Waals surface area (Å²) in [5.74, 6) is -0.312. The first-order valence-corrected chi connectivity index (χ1v) is 13.3. The number of carbonyl (C=O) groups excluding carboxylic acids is 3. The first-order valence-electron chi connectivity index (χ1n) is 12.9. The maximum absolute atomic E-state index is 13.7. The number of morpholine rings is 1. The summed E-state index contributed by atoms with van der Waals surface area (Å²) >= 11 is 6.16. The zero-order valence-corrected chi connectivity index (χ0v) is 22.4. The predicted molar refractivity (Wildman–Crippen MR) is 149 cm³/mol. The molecule has 1 aromatic heterocycles. The molecule has 10 heteroatoms. The van der Waals surface area contributed by atoms with Gasteiger partial charge in [-0.2, -0.15) is 0 Å². The molecular weight excluding hydrogens is 518 g/mol. The van der Waals surface area contributed by atoms with Gasteiger partial charge in [-0.25, -0.2) is 4.98 Å². The van der Waals surface area contributed by atoms with Crippen LogP contribution in [0.5, 0.6) is 0 Å². The molecule has 0 radical (unpaired) electrons. The van der Waals surface area contributed by atoms with Crippen molar-refractivity contribution in [3.8, 4) is 0 Å². The molecule has 5 rings (SSSR count). The van der Waals surface area contributed by atoms with E-state index in [-0.39, 0.29) is 24.3 Å². The Hall–Kier alpha value is -3.79. The highest BCUT2D eigenvalue weighted by Gasteiger charge is 2.35. The fourth-order valence-electron chi connectivity index (χ4n) is 4.75. The number of ether oxygens (including phenoxy) is 1. The summed E-state index contributed by atoms with van der Waals surface area (Å²) in [6, 6.07) is 14.9. The maximum Gasteiger partial charge on any atom is 0.256 e. The van der Waals surface area contributed by atoms with E-state index < -0.39 is 6.04 Å². The maximum atomic E-state index is 13.7. The molecule has 202 valence electrons. The van der Waals surface area contributed by atoms with E-state index in [1.165, 1.54) is 0 Å². The second kappa shape index (κ2) is 11.9. The Balaban J connectivity index is 1.35. The van der Waals surface area contributed by atoms with Gasteiger partial charge in [0.25, 0.3) is 11.8 Å². The van der Waals surface area contributed by atoms with E-state index in [1.54, 1.807) is 59.6 Å². The number of pyridine rings is 1. The standard InChI is InChI=1S/C29H30ClN5O4/c1-19-2-9-26(31-17-19)33-27(36)21-5-3-20(4-6-21)18-35-25(10-11-34-12-14-39-15-13-34)28(37)32-24-16-22(30)7-8-23(24)29(35)38/h2-9,16-17,25H,10-15,18H2,1H3,(H,32,37)(H,31,33,36)/t25-/m1/s1. The fraction of sp³-hybridized carbons (Fsp3) is 0.310. The Morgan fingerprint density at radius 1 is 1.10 bits per heavy atom. The Bertz CT molecular complexity index is 1360. The summed E-state index contributed by atoms with van der Waals surface area (Å²) in [7, 11) is 0. The van der Waals surface area contributed by atoms with Crippen molar-refractivity contribution >= 4 is 40.8 Å². The highest BCUT2D eigenvalue weighted by molar-refractivity contribution is 6.31. The van der Waals surface area contributed by atoms with Gasteiger partial charge in [0.05, 0.1) is 24.5 Å². The van der Waals surface area contributed by atoms with Gasteiger partial charge in [0, 0.05) is 43.0 Å². The number of aromatic nitrogens is 1. The van der Waals surface area contributed by atoms with Crippen molar-refractivity contribution in [1.29, 1.82) is 0 Å². The van der Waals surface area contributed by atoms with Crippen molar-refractivity contribution < 1.29 is 19.1 Å². The lowest BCUT2D eigenvalue weighted by atomic mass is 10.1. The van der Waals surface area contributed by atoms with Crippen molar-refractivity contribution in [2.45, 2.75) is 25.9 Å². The van der Waals surface area contributed by atoms with Crippen molar-refractivity contribution in [2.24, 2.45) is 0 Å². The van der Waals surface area contributed by atoms with Crippen LogP contribution in [-0.4, -0.2) is 71.4 Å². The van der Waals surface area contributed by atoms with Gasteiger partial charge in [0.15, 0.2) is 0 Å². The normalized spacial score (nSPS) is 17.8. The fourth-order valence-corrected chi connectivity index (χ4v) is 4.92. The number of hydrogen-bond donors (Lipinski definition) is 2. The highest BCUT2D eigenvalue weighted by Crippen LogP contribution is 2.29. The zero-order chi connectivity index (χ0) is 27.4. The van der Waals surface area contributed by atoms with Crippen molar-refractivity contribution in [2.75, 3.05) is 43.5 Å². The number of aryl methyl sites for hydroxylation is 1. The molecule has 39 heavy (non-hydrogen) atoms. The molecule has 1 fully saturated rings. The van der Waals surface area contributed by atoms with E-state index in [1.807, 2.05) is 13.0 Å². The van der Waals surface area contributed by atoms with Crippen LogP contribution in [0.15, 0.2) is 60.8 Å². The molecule has 1 atom stereocenters. The van der Waals surface area contributed by atoms with E-state index in [2.05, 4.69) is 20.5 Å². The average Bonchev–Trinajstić information content (AvgIpc) is 3.03. The van der Waals surface area contributed by atoms with Crippen LogP contribution in [0.1, 0.15) is 38.3 Å². The second-order valence-electron chi connectivity index (χ2n) is 9.74. The van der Waals surface area contributed by atoms with Crippen LogP contribution in [0.4, 0.5) is 11.5 Å². The third kappa shape index (κ3) is 6.44. The number of halogens is 1. The molecule has 2 aromatic carbocycles. The first-order chi connectivity index (χ1) is 18.9. The molecule has 9 nitrogen and oxygen atoms in total. The van der Waals surface area contributed by atoms with Gasteiger partial charge in [-0.3, -0.25) is 19.3 Å². The SMILES string of the molecule is Cc1ccc(NC(=O)c2ccc(CN3C(=O)c4ccc(Cl)cc4NC(=O)[C@H]3CCN3CCOCC3)cc2)nc1. The molecule has 2 N–H and O–H groups in total. The molecule has 1 saturated heterocycles. The minimum atomic E-state index is -0.679. The number of fused-ring (bicyclic) bond motifs is 1. The third-order valence-corrected chi connectivity index (χ3v) is 7.19. The lowest BCUT2D eigenvalue weighted by Crippen LogP contribution is -2.47. The molecule has 3 amide bonds. The van der Waals surface area contributed by atoms with Crippen LogP contribution in [0, 0.1) is 6.92 Å². The summed E-state index contributed by atoms with van der Waals surface area (Å²) < 4.78 is 5.44. The highest BCUT2D eigenvalue weighted by atomic mass is 35.5. The molecule has 0 aliphatic carbocycles. The van der Waals surface area contributed by atoms with E-state index in [0.717, 1.165) is 24.2 Å². The third-order valence-electron chi connectivity index (χ3n) is 6.95. The molecule has 3 heterocycles. The van der Waals surface area contributed by atoms with E-state index in [9.17, 15) is 14.4 Å². The number of amides is 3. The van der Waals surface area contributed by atoms with E-state index >= 15 is 0 Å². The minimum absolute atomic E-state index is 0.212. The number of anilines is 2. The predicted octanol–water partition coefficient (Wildman–Crippen LogP) is 3.98. The second-order valence-corrected chi connectivity index (χ2v) is 10.2. The summed E-state index contributed by atoms with van der Waals surface area (Å²) in [6.07, 6.45) is 2.16. The number of carbonyl (C=O) groups is 3. The van der Waals surface area contributed by atoms with Gasteiger partial charge in [0.1, 0.15) is 11.9 Å². The molecule has 0 bridgehead atoms. The lowest BCUT2D eigenvalue weighted by molar-refractivity contribution is -0.121. The van der Waals surface area contributed by atoms with Crippen LogP contribution >= 0.6 is 11.6 Å². The molecule has 2 aliphatic heterocycles. The summed E-state index contributed by atoms with van der Waals surface area (Å²) in [5.41, 5.74) is 3.07. The lowest BCUT2D eigenvalue weighted by Gasteiger charge is -2.32. The summed E-state index contributed by atoms with van der Waals surface area (Å²) in [4.78, 5) is 47.9. The van der Waals surface area contributed by atoms with E-state index in [4.69, 9.17) is 16.3 Å². The van der Waals surface area contributed by atoms with Gasteiger partial charge >= 0.3 is 0 Å². The van der Waals surface area contributed by atoms with Gasteiger partial charge in [-0.05, 0) is 60.9 Å². The summed E-state index contributed by atoms with van der Waals surface area (Å²) in [5, 5.41) is 6.14. The molecule has 0 spiro atoms. The number of nitrogens with one attached hydrogen (secondary N) is 2. The number of nitrogens with zero attached hydrogens (tertiary/aromatic N) is 3. The molecular formula is C29H30ClN5O4. The Labute approximate surface area is 232 Å². The Morgan fingerprint density at radius 2 is 1.87 bits per heavy atom. The number of hydrogen-bond acceptors (Lipinski definition) is 6. The minimum Gasteiger partial charge on any atom is -0.379 e. The van der Waals surface area contributed by atoms with Gasteiger partial charge in [0.2, 0.25) is 5.91 Å². The Kier molecular flexibility index (Phi) is 8.21. The molecule has 2 aliphatic rings. The average molecular weight is 548 g/mol. The smallest absolute Gasteiger partial charge is 0.256 e. The van der Waals surface area contributed by atoms with Crippen molar-refractivity contribution in [1.82, 2.24) is 14.8 Å². The van der Waals surface area contributed by atoms with Crippen LogP contribution in [0.3, 0.4) is 0 Å². The van der Waals surface area contributed by atoms with Crippen LogP contribution in [0.25, 0.3) is 0 Å². The van der Waals surface area contributed by atoms with Crippen LogP contribution in [0.2, 0.25) is 5.02 Å². The Morgan fingerprint density at radius 3 is 2.59 bits per heavy atom. The van der Waals surface area contributed by atoms with Crippen molar-refractivity contribution in [3.63, 3.8) is 0 Å². The molecule has 3 aromatic rings. The van der Waals surface area contributed by atoms with Crippen molar-refractivity contribution in [3.05, 3.63) is 88.1 Å². The van der Waals surface area contributed by atoms with E-state index in [0.29, 0.717) is 53.8 Å². The van der Waals surface area contributed by atoms with Crippen LogP contribution < -0.4 is 10.6 Å².